The summed E-state index contributed by atoms with van der Waals surface area (Å²) in [6, 6.07) is 15.0. The van der Waals surface area contributed by atoms with E-state index in [-0.39, 0.29) is 23.0 Å². The van der Waals surface area contributed by atoms with E-state index in [0.717, 1.165) is 14.9 Å². The van der Waals surface area contributed by atoms with E-state index >= 15 is 0 Å². The van der Waals surface area contributed by atoms with Gasteiger partial charge in [0.05, 0.1) is 10.7 Å². The van der Waals surface area contributed by atoms with Crippen LogP contribution in [0.1, 0.15) is 16.7 Å². The number of barbiturate groups is 1. The van der Waals surface area contributed by atoms with Gasteiger partial charge in [0.1, 0.15) is 23.7 Å². The van der Waals surface area contributed by atoms with E-state index < -0.39 is 17.8 Å². The average Bonchev–Trinajstić information content (AvgIpc) is 2.79. The Morgan fingerprint density at radius 3 is 2.56 bits per heavy atom. The van der Waals surface area contributed by atoms with E-state index in [2.05, 4.69) is 21.2 Å². The van der Waals surface area contributed by atoms with Crippen LogP contribution in [0.15, 0.2) is 70.7 Å². The van der Waals surface area contributed by atoms with Crippen molar-refractivity contribution in [3.8, 4) is 5.75 Å². The summed E-state index contributed by atoms with van der Waals surface area (Å²) >= 11 is 9.68. The molecule has 1 heterocycles. The number of halogens is 3. The number of anilines is 1. The highest BCUT2D eigenvalue weighted by Gasteiger charge is 2.37. The van der Waals surface area contributed by atoms with Crippen molar-refractivity contribution in [3.63, 3.8) is 0 Å². The number of urea groups is 1. The van der Waals surface area contributed by atoms with Crippen LogP contribution < -0.4 is 15.0 Å². The molecule has 1 aliphatic rings. The third kappa shape index (κ3) is 4.88. The Hall–Kier alpha value is -3.49. The molecule has 9 heteroatoms. The quantitative estimate of drug-likeness (QED) is 0.326. The lowest BCUT2D eigenvalue weighted by Gasteiger charge is -2.26. The number of ether oxygens (including phenoxy) is 1. The fourth-order valence-corrected chi connectivity index (χ4v) is 3.81. The Balaban J connectivity index is 1.58. The molecule has 0 aliphatic carbocycles. The smallest absolute Gasteiger partial charge is 0.335 e. The highest BCUT2D eigenvalue weighted by Crippen LogP contribution is 2.29. The highest BCUT2D eigenvalue weighted by molar-refractivity contribution is 9.10. The number of nitrogens with zero attached hydrogens (tertiary/aromatic N) is 1. The maximum absolute atomic E-state index is 13.8. The van der Waals surface area contributed by atoms with Crippen molar-refractivity contribution in [2.75, 3.05) is 4.90 Å². The Bertz CT molecular complexity index is 1360. The largest absolute Gasteiger partial charge is 0.487 e. The Morgan fingerprint density at radius 1 is 1.09 bits per heavy atom. The van der Waals surface area contributed by atoms with Gasteiger partial charge in [-0.3, -0.25) is 14.9 Å². The minimum absolute atomic E-state index is 0.0165. The highest BCUT2D eigenvalue weighted by atomic mass is 79.9. The monoisotopic (exact) mass is 542 g/mol. The molecule has 1 N–H and O–H groups in total. The molecule has 0 atom stereocenters. The van der Waals surface area contributed by atoms with Gasteiger partial charge in [0.15, 0.2) is 0 Å². The van der Waals surface area contributed by atoms with Gasteiger partial charge in [-0.15, -0.1) is 0 Å². The van der Waals surface area contributed by atoms with Crippen LogP contribution in [0.2, 0.25) is 5.02 Å². The molecule has 0 radical (unpaired) electrons. The molecule has 4 rings (SSSR count). The zero-order valence-corrected chi connectivity index (χ0v) is 20.1. The second-order valence-electron chi connectivity index (χ2n) is 7.46. The predicted octanol–water partition coefficient (Wildman–Crippen LogP) is 5.80. The third-order valence-electron chi connectivity index (χ3n) is 5.11. The molecule has 34 heavy (non-hydrogen) atoms. The molecule has 1 aliphatic heterocycles. The summed E-state index contributed by atoms with van der Waals surface area (Å²) in [7, 11) is 0. The molecule has 172 valence electrons. The van der Waals surface area contributed by atoms with Crippen LogP contribution in [0.4, 0.5) is 14.9 Å². The number of hydrogen-bond donors (Lipinski definition) is 1. The van der Waals surface area contributed by atoms with Gasteiger partial charge in [0, 0.05) is 10.0 Å². The SMILES string of the molecule is Cc1cc(N2C(=O)NC(=O)/C(=C/c3ccc(OCc4ccccc4F)c(Cl)c3)C2=O)ccc1Br. The van der Waals surface area contributed by atoms with Crippen LogP contribution in [0.5, 0.6) is 5.75 Å². The topological polar surface area (TPSA) is 75.7 Å². The van der Waals surface area contributed by atoms with E-state index in [1.54, 1.807) is 48.5 Å². The normalized spacial score (nSPS) is 15.0. The van der Waals surface area contributed by atoms with Crippen LogP contribution in [0.3, 0.4) is 0 Å². The van der Waals surface area contributed by atoms with Gasteiger partial charge in [0.25, 0.3) is 11.8 Å². The zero-order chi connectivity index (χ0) is 24.4. The lowest BCUT2D eigenvalue weighted by molar-refractivity contribution is -0.122. The molecule has 1 saturated heterocycles. The first-order valence-electron chi connectivity index (χ1n) is 10.1. The van der Waals surface area contributed by atoms with Crippen LogP contribution in [0, 0.1) is 12.7 Å². The first kappa shape index (κ1) is 23.7. The van der Waals surface area contributed by atoms with Gasteiger partial charge in [-0.05, 0) is 60.5 Å². The molecule has 0 unspecified atom stereocenters. The molecule has 3 aromatic rings. The first-order valence-corrected chi connectivity index (χ1v) is 11.2. The zero-order valence-electron chi connectivity index (χ0n) is 17.8. The Morgan fingerprint density at radius 2 is 1.85 bits per heavy atom. The number of nitrogens with one attached hydrogen (secondary N) is 1. The molecule has 6 nitrogen and oxygen atoms in total. The van der Waals surface area contributed by atoms with E-state index in [1.807, 2.05) is 6.92 Å². The summed E-state index contributed by atoms with van der Waals surface area (Å²) in [6.45, 7) is 1.80. The second-order valence-corrected chi connectivity index (χ2v) is 8.72. The van der Waals surface area contributed by atoms with Crippen molar-refractivity contribution < 1.29 is 23.5 Å². The summed E-state index contributed by atoms with van der Waals surface area (Å²) < 4.78 is 20.2. The molecule has 0 saturated carbocycles. The van der Waals surface area contributed by atoms with E-state index in [9.17, 15) is 18.8 Å². The summed E-state index contributed by atoms with van der Waals surface area (Å²) in [6.07, 6.45) is 1.34. The molecule has 0 aromatic heterocycles. The molecule has 0 spiro atoms. The average molecular weight is 544 g/mol. The van der Waals surface area contributed by atoms with Crippen molar-refractivity contribution in [1.29, 1.82) is 0 Å². The molecule has 4 amide bonds. The lowest BCUT2D eigenvalue weighted by atomic mass is 10.1. The Labute approximate surface area is 208 Å². The number of aryl methyl sites for hydroxylation is 1. The van der Waals surface area contributed by atoms with E-state index in [1.165, 1.54) is 18.2 Å². The molecule has 1 fully saturated rings. The second kappa shape index (κ2) is 9.79. The van der Waals surface area contributed by atoms with Crippen molar-refractivity contribution in [1.82, 2.24) is 5.32 Å². The summed E-state index contributed by atoms with van der Waals surface area (Å²) in [5.41, 5.74) is 1.75. The van der Waals surface area contributed by atoms with Gasteiger partial charge in [0.2, 0.25) is 0 Å². The van der Waals surface area contributed by atoms with Crippen molar-refractivity contribution in [3.05, 3.63) is 98.2 Å². The van der Waals surface area contributed by atoms with E-state index in [4.69, 9.17) is 16.3 Å². The molecular formula is C25H17BrClFN2O4. The fraction of sp³-hybridized carbons (Fsp3) is 0.0800. The van der Waals surface area contributed by atoms with Crippen LogP contribution in [-0.2, 0) is 16.2 Å². The van der Waals surface area contributed by atoms with Gasteiger partial charge < -0.3 is 4.74 Å². The van der Waals surface area contributed by atoms with Crippen LogP contribution >= 0.6 is 27.5 Å². The standard InChI is InChI=1S/C25H17BrClFN2O4/c1-14-10-17(7-8-19(14)26)30-24(32)18(23(31)29-25(30)33)11-15-6-9-22(20(27)12-15)34-13-16-4-2-3-5-21(16)28/h2-12H,13H2,1H3,(H,29,31,33)/b18-11-. The number of imide groups is 2. The molecule has 3 aromatic carbocycles. The molecule has 0 bridgehead atoms. The third-order valence-corrected chi connectivity index (χ3v) is 6.29. The maximum Gasteiger partial charge on any atom is 0.335 e. The number of carbonyl (C=O) groups is 3. The number of amides is 4. The van der Waals surface area contributed by atoms with Crippen molar-refractivity contribution in [2.24, 2.45) is 0 Å². The summed E-state index contributed by atoms with van der Waals surface area (Å²) in [5.74, 6) is -1.64. The summed E-state index contributed by atoms with van der Waals surface area (Å²) in [4.78, 5) is 38.8. The fourth-order valence-electron chi connectivity index (χ4n) is 3.32. The van der Waals surface area contributed by atoms with Gasteiger partial charge in [-0.25, -0.2) is 14.1 Å². The molecular weight excluding hydrogens is 527 g/mol. The van der Waals surface area contributed by atoms with Gasteiger partial charge in [-0.1, -0.05) is 51.8 Å². The maximum atomic E-state index is 13.8. The Kier molecular flexibility index (Phi) is 6.81. The number of benzene rings is 3. The number of carbonyl (C=O) groups excluding carboxylic acids is 3. The minimum atomic E-state index is -0.830. The van der Waals surface area contributed by atoms with Crippen molar-refractivity contribution in [2.45, 2.75) is 13.5 Å². The number of rotatable bonds is 5. The van der Waals surface area contributed by atoms with Gasteiger partial charge in [-0.2, -0.15) is 0 Å². The predicted molar refractivity (Wildman–Crippen MR) is 130 cm³/mol. The summed E-state index contributed by atoms with van der Waals surface area (Å²) in [5, 5.41) is 2.40. The lowest BCUT2D eigenvalue weighted by Crippen LogP contribution is -2.54. The number of hydrogen-bond acceptors (Lipinski definition) is 4. The minimum Gasteiger partial charge on any atom is -0.487 e. The van der Waals surface area contributed by atoms with Crippen LogP contribution in [-0.4, -0.2) is 17.8 Å². The van der Waals surface area contributed by atoms with Crippen LogP contribution in [0.25, 0.3) is 6.08 Å². The van der Waals surface area contributed by atoms with Crippen molar-refractivity contribution >= 4 is 57.1 Å². The first-order chi connectivity index (χ1) is 16.2. The van der Waals surface area contributed by atoms with E-state index in [0.29, 0.717) is 22.6 Å². The van der Waals surface area contributed by atoms with Gasteiger partial charge >= 0.3 is 6.03 Å².